The summed E-state index contributed by atoms with van der Waals surface area (Å²) in [6.45, 7) is 6.56. The molecule has 0 unspecified atom stereocenters. The first kappa shape index (κ1) is 13.0. The molecule has 0 aliphatic heterocycles. The van der Waals surface area contributed by atoms with E-state index in [0.717, 1.165) is 10.0 Å². The molecule has 0 atom stereocenters. The Bertz CT molecular complexity index is 420. The van der Waals surface area contributed by atoms with Crippen molar-refractivity contribution in [3.8, 4) is 0 Å². The fourth-order valence-electron chi connectivity index (χ4n) is 1.26. The van der Waals surface area contributed by atoms with Crippen LogP contribution in [0.15, 0.2) is 34.3 Å². The fourth-order valence-corrected chi connectivity index (χ4v) is 1.68. The van der Waals surface area contributed by atoms with E-state index >= 15 is 0 Å². The lowest BCUT2D eigenvalue weighted by Gasteiger charge is -2.06. The molecule has 1 amide bonds. The zero-order valence-electron chi connectivity index (χ0n) is 9.80. The van der Waals surface area contributed by atoms with Gasteiger partial charge in [-0.1, -0.05) is 23.3 Å². The van der Waals surface area contributed by atoms with Gasteiger partial charge in [0.1, 0.15) is 0 Å². The number of hydrogen-bond donors (Lipinski definition) is 1. The minimum atomic E-state index is -0.0481. The van der Waals surface area contributed by atoms with Gasteiger partial charge in [0.05, 0.1) is 5.56 Å². The third-order valence-electron chi connectivity index (χ3n) is 2.14. The minimum absolute atomic E-state index is 0.0481. The van der Waals surface area contributed by atoms with Crippen molar-refractivity contribution in [2.24, 2.45) is 0 Å². The second-order valence-corrected chi connectivity index (χ2v) is 4.83. The Hall–Kier alpha value is -1.09. The third-order valence-corrected chi connectivity index (χ3v) is 2.83. The number of carbonyl (C=O) groups excluding carboxylic acids is 1. The maximum absolute atomic E-state index is 11.8. The lowest BCUT2D eigenvalue weighted by molar-refractivity contribution is 0.0957. The Morgan fingerprint density at radius 1 is 1.44 bits per heavy atom. The second kappa shape index (κ2) is 5.85. The Kier molecular flexibility index (Phi) is 4.74. The second-order valence-electron chi connectivity index (χ2n) is 3.97. The molecule has 2 nitrogen and oxygen atoms in total. The Balaban J connectivity index is 2.73. The fraction of sp³-hybridized carbons (Fsp3) is 0.308. The van der Waals surface area contributed by atoms with Crippen molar-refractivity contribution >= 4 is 21.8 Å². The number of rotatable bonds is 3. The lowest BCUT2D eigenvalue weighted by Crippen LogP contribution is -2.23. The molecule has 3 heteroatoms. The van der Waals surface area contributed by atoms with Gasteiger partial charge in [-0.15, -0.1) is 0 Å². The molecule has 0 saturated heterocycles. The summed E-state index contributed by atoms with van der Waals surface area (Å²) >= 11 is 3.38. The van der Waals surface area contributed by atoms with Crippen molar-refractivity contribution in [1.82, 2.24) is 5.32 Å². The zero-order valence-corrected chi connectivity index (χ0v) is 11.4. The van der Waals surface area contributed by atoms with E-state index in [1.807, 2.05) is 45.0 Å². The molecule has 0 aliphatic carbocycles. The number of amides is 1. The maximum atomic E-state index is 11.8. The lowest BCUT2D eigenvalue weighted by atomic mass is 10.1. The smallest absolute Gasteiger partial charge is 0.252 e. The van der Waals surface area contributed by atoms with Crippen LogP contribution < -0.4 is 5.32 Å². The van der Waals surface area contributed by atoms with Gasteiger partial charge in [0.2, 0.25) is 0 Å². The van der Waals surface area contributed by atoms with Crippen LogP contribution in [0.2, 0.25) is 0 Å². The van der Waals surface area contributed by atoms with Gasteiger partial charge >= 0.3 is 0 Å². The van der Waals surface area contributed by atoms with Gasteiger partial charge in [-0.25, -0.2) is 0 Å². The van der Waals surface area contributed by atoms with Crippen LogP contribution in [0.4, 0.5) is 0 Å². The van der Waals surface area contributed by atoms with Crippen LogP contribution in [0.3, 0.4) is 0 Å². The van der Waals surface area contributed by atoms with Crippen LogP contribution in [-0.2, 0) is 0 Å². The van der Waals surface area contributed by atoms with Crippen LogP contribution >= 0.6 is 15.9 Å². The highest BCUT2D eigenvalue weighted by Gasteiger charge is 2.08. The highest BCUT2D eigenvalue weighted by molar-refractivity contribution is 9.10. The summed E-state index contributed by atoms with van der Waals surface area (Å²) in [6, 6.07) is 5.74. The zero-order chi connectivity index (χ0) is 12.1. The van der Waals surface area contributed by atoms with Gasteiger partial charge in [-0.05, 0) is 48.8 Å². The molecule has 16 heavy (non-hydrogen) atoms. The molecule has 1 aromatic carbocycles. The average molecular weight is 282 g/mol. The topological polar surface area (TPSA) is 29.1 Å². The first-order valence-corrected chi connectivity index (χ1v) is 5.97. The number of benzene rings is 1. The van der Waals surface area contributed by atoms with Gasteiger partial charge in [0.25, 0.3) is 5.91 Å². The van der Waals surface area contributed by atoms with Crippen LogP contribution in [-0.4, -0.2) is 12.5 Å². The average Bonchev–Trinajstić information content (AvgIpc) is 2.21. The van der Waals surface area contributed by atoms with Crippen molar-refractivity contribution in [2.45, 2.75) is 20.8 Å². The number of nitrogens with one attached hydrogen (secondary N) is 1. The van der Waals surface area contributed by atoms with Crippen LogP contribution in [0.25, 0.3) is 0 Å². The van der Waals surface area contributed by atoms with Crippen molar-refractivity contribution < 1.29 is 4.79 Å². The first-order chi connectivity index (χ1) is 7.50. The van der Waals surface area contributed by atoms with Crippen molar-refractivity contribution in [2.75, 3.05) is 6.54 Å². The molecule has 0 aromatic heterocycles. The van der Waals surface area contributed by atoms with Crippen LogP contribution in [0, 0.1) is 6.92 Å². The van der Waals surface area contributed by atoms with E-state index in [0.29, 0.717) is 12.1 Å². The molecular weight excluding hydrogens is 266 g/mol. The number of hydrogen-bond acceptors (Lipinski definition) is 1. The van der Waals surface area contributed by atoms with E-state index in [2.05, 4.69) is 21.2 Å². The summed E-state index contributed by atoms with van der Waals surface area (Å²) in [4.78, 5) is 11.8. The number of aryl methyl sites for hydroxylation is 1. The molecule has 1 rings (SSSR count). The summed E-state index contributed by atoms with van der Waals surface area (Å²) in [5.41, 5.74) is 2.96. The van der Waals surface area contributed by atoms with E-state index in [9.17, 15) is 4.79 Å². The van der Waals surface area contributed by atoms with Gasteiger partial charge in [0.15, 0.2) is 0 Å². The minimum Gasteiger partial charge on any atom is -0.349 e. The molecule has 86 valence electrons. The highest BCUT2D eigenvalue weighted by Crippen LogP contribution is 2.17. The van der Waals surface area contributed by atoms with E-state index in [-0.39, 0.29) is 5.91 Å². The summed E-state index contributed by atoms with van der Waals surface area (Å²) in [7, 11) is 0. The van der Waals surface area contributed by atoms with E-state index < -0.39 is 0 Å². The van der Waals surface area contributed by atoms with Crippen molar-refractivity contribution in [3.63, 3.8) is 0 Å². The molecule has 0 saturated carbocycles. The largest absolute Gasteiger partial charge is 0.349 e. The first-order valence-electron chi connectivity index (χ1n) is 5.18. The summed E-state index contributed by atoms with van der Waals surface area (Å²) in [5.74, 6) is -0.0481. The molecular formula is C13H16BrNO. The van der Waals surface area contributed by atoms with E-state index in [1.165, 1.54) is 5.57 Å². The quantitative estimate of drug-likeness (QED) is 0.845. The van der Waals surface area contributed by atoms with Crippen molar-refractivity contribution in [3.05, 3.63) is 45.4 Å². The van der Waals surface area contributed by atoms with Gasteiger partial charge < -0.3 is 5.32 Å². The summed E-state index contributed by atoms with van der Waals surface area (Å²) < 4.78 is 0.827. The normalized spacial score (nSPS) is 9.75. The SMILES string of the molecule is CC(C)=CCNC(=O)c1cc(C)ccc1Br. The third kappa shape index (κ3) is 3.81. The molecule has 0 aliphatic rings. The summed E-state index contributed by atoms with van der Waals surface area (Å²) in [6.07, 6.45) is 1.99. The van der Waals surface area contributed by atoms with E-state index in [4.69, 9.17) is 0 Å². The maximum Gasteiger partial charge on any atom is 0.252 e. The molecule has 1 aromatic rings. The van der Waals surface area contributed by atoms with Crippen LogP contribution in [0.1, 0.15) is 29.8 Å². The molecule has 1 N–H and O–H groups in total. The monoisotopic (exact) mass is 281 g/mol. The van der Waals surface area contributed by atoms with Gasteiger partial charge in [-0.3, -0.25) is 4.79 Å². The Labute approximate surface area is 105 Å². The molecule has 0 bridgehead atoms. The summed E-state index contributed by atoms with van der Waals surface area (Å²) in [5, 5.41) is 2.85. The van der Waals surface area contributed by atoms with Gasteiger partial charge in [0, 0.05) is 11.0 Å². The highest BCUT2D eigenvalue weighted by atomic mass is 79.9. The Morgan fingerprint density at radius 3 is 2.75 bits per heavy atom. The predicted octanol–water partition coefficient (Wildman–Crippen LogP) is 3.45. The molecule has 0 spiro atoms. The van der Waals surface area contributed by atoms with Crippen LogP contribution in [0.5, 0.6) is 0 Å². The van der Waals surface area contributed by atoms with Gasteiger partial charge in [-0.2, -0.15) is 0 Å². The molecule has 0 heterocycles. The number of halogens is 1. The molecule has 0 fully saturated rings. The standard InChI is InChI=1S/C13H16BrNO/c1-9(2)6-7-15-13(16)11-8-10(3)4-5-12(11)14/h4-6,8H,7H2,1-3H3,(H,15,16). The predicted molar refractivity (Wildman–Crippen MR) is 70.6 cm³/mol. The number of allylic oxidation sites excluding steroid dienone is 1. The van der Waals surface area contributed by atoms with Crippen molar-refractivity contribution in [1.29, 1.82) is 0 Å². The molecule has 0 radical (unpaired) electrons. The van der Waals surface area contributed by atoms with E-state index in [1.54, 1.807) is 0 Å². The number of carbonyl (C=O) groups is 1. The Morgan fingerprint density at radius 2 is 2.12 bits per heavy atom.